The van der Waals surface area contributed by atoms with E-state index < -0.39 is 21.5 Å². The molecule has 1 aromatic carbocycles. The third-order valence-corrected chi connectivity index (χ3v) is 3.88. The summed E-state index contributed by atoms with van der Waals surface area (Å²) in [5.41, 5.74) is 1.63. The van der Waals surface area contributed by atoms with E-state index in [2.05, 4.69) is 10.3 Å². The molecule has 0 radical (unpaired) electrons. The van der Waals surface area contributed by atoms with E-state index in [1.54, 1.807) is 37.3 Å². The number of benzene rings is 1. The van der Waals surface area contributed by atoms with Gasteiger partial charge in [-0.05, 0) is 30.2 Å². The van der Waals surface area contributed by atoms with E-state index in [9.17, 15) is 18.0 Å². The van der Waals surface area contributed by atoms with Gasteiger partial charge in [-0.2, -0.15) is 0 Å². The number of carbonyl (C=O) groups excluding carboxylic acids is 1. The summed E-state index contributed by atoms with van der Waals surface area (Å²) >= 11 is 0. The lowest BCUT2D eigenvalue weighted by atomic mass is 10.1. The van der Waals surface area contributed by atoms with Crippen LogP contribution in [0.25, 0.3) is 0 Å². The number of rotatable bonds is 5. The fourth-order valence-electron chi connectivity index (χ4n) is 2.01. The van der Waals surface area contributed by atoms with Crippen LogP contribution in [0.5, 0.6) is 0 Å². The van der Waals surface area contributed by atoms with Crippen LogP contribution >= 0.6 is 0 Å². The second-order valence-electron chi connectivity index (χ2n) is 5.19. The van der Waals surface area contributed by atoms with Gasteiger partial charge < -0.3 is 10.3 Å². The number of primary sulfonamides is 1. The minimum atomic E-state index is -3.57. The highest BCUT2D eigenvalue weighted by Crippen LogP contribution is 2.07. The van der Waals surface area contributed by atoms with Crippen molar-refractivity contribution in [2.24, 2.45) is 5.14 Å². The molecule has 0 aliphatic carbocycles. The molecule has 2 rings (SSSR count). The molecule has 0 bridgehead atoms. The maximum atomic E-state index is 12.0. The molecule has 23 heavy (non-hydrogen) atoms. The minimum absolute atomic E-state index is 0.0430. The Kier molecular flexibility index (Phi) is 4.97. The van der Waals surface area contributed by atoms with Gasteiger partial charge in [-0.1, -0.05) is 24.3 Å². The highest BCUT2D eigenvalue weighted by Gasteiger charge is 2.10. The predicted molar refractivity (Wildman–Crippen MR) is 86.2 cm³/mol. The first-order valence-electron chi connectivity index (χ1n) is 6.81. The molecule has 1 aromatic heterocycles. The topological polar surface area (TPSA) is 122 Å². The standard InChI is InChI=1S/C15H17N3O4S/c1-10-2-7-13(15(20)18-10)14(19)17-8-11-3-5-12(6-4-11)9-23(16,21)22/h2-7H,8-9H2,1H3,(H,17,19)(H,18,20)(H2,16,21,22). The number of aromatic amines is 1. The highest BCUT2D eigenvalue weighted by atomic mass is 32.2. The first-order valence-corrected chi connectivity index (χ1v) is 8.52. The fourth-order valence-corrected chi connectivity index (χ4v) is 2.67. The van der Waals surface area contributed by atoms with Crippen molar-refractivity contribution in [3.63, 3.8) is 0 Å². The van der Waals surface area contributed by atoms with Crippen LogP contribution in [0.2, 0.25) is 0 Å². The van der Waals surface area contributed by atoms with Gasteiger partial charge in [0.15, 0.2) is 0 Å². The Morgan fingerprint density at radius 2 is 1.74 bits per heavy atom. The highest BCUT2D eigenvalue weighted by molar-refractivity contribution is 7.88. The molecule has 0 aliphatic rings. The number of aryl methyl sites for hydroxylation is 1. The van der Waals surface area contributed by atoms with Crippen LogP contribution in [-0.2, 0) is 22.3 Å². The summed E-state index contributed by atoms with van der Waals surface area (Å²) in [7, 11) is -3.57. The summed E-state index contributed by atoms with van der Waals surface area (Å²) in [6.45, 7) is 1.95. The third kappa shape index (κ3) is 5.04. The summed E-state index contributed by atoms with van der Waals surface area (Å²) in [4.78, 5) is 26.2. The smallest absolute Gasteiger partial charge is 0.260 e. The van der Waals surface area contributed by atoms with Crippen LogP contribution in [0.4, 0.5) is 0 Å². The molecule has 0 fully saturated rings. The first-order chi connectivity index (χ1) is 10.7. The molecular weight excluding hydrogens is 318 g/mol. The number of amides is 1. The number of sulfonamides is 1. The van der Waals surface area contributed by atoms with Crippen molar-refractivity contribution in [2.45, 2.75) is 19.2 Å². The summed E-state index contributed by atoms with van der Waals surface area (Å²) in [6, 6.07) is 9.77. The maximum Gasteiger partial charge on any atom is 0.260 e. The van der Waals surface area contributed by atoms with Gasteiger partial charge in [0.1, 0.15) is 5.56 Å². The molecule has 7 nitrogen and oxygen atoms in total. The molecule has 8 heteroatoms. The molecule has 0 saturated heterocycles. The Morgan fingerprint density at radius 1 is 1.13 bits per heavy atom. The number of nitrogens with two attached hydrogens (primary N) is 1. The van der Waals surface area contributed by atoms with Gasteiger partial charge >= 0.3 is 0 Å². The quantitative estimate of drug-likeness (QED) is 0.732. The van der Waals surface area contributed by atoms with Gasteiger partial charge in [-0.3, -0.25) is 9.59 Å². The number of pyridine rings is 1. The van der Waals surface area contributed by atoms with Crippen molar-refractivity contribution in [1.82, 2.24) is 10.3 Å². The Labute approximate surface area is 133 Å². The normalized spacial score (nSPS) is 11.2. The van der Waals surface area contributed by atoms with Crippen molar-refractivity contribution < 1.29 is 13.2 Å². The van der Waals surface area contributed by atoms with Crippen molar-refractivity contribution in [2.75, 3.05) is 0 Å². The molecule has 0 saturated carbocycles. The molecule has 0 atom stereocenters. The monoisotopic (exact) mass is 335 g/mol. The van der Waals surface area contributed by atoms with Crippen molar-refractivity contribution in [3.8, 4) is 0 Å². The van der Waals surface area contributed by atoms with Gasteiger partial charge in [0, 0.05) is 12.2 Å². The van der Waals surface area contributed by atoms with E-state index in [1.165, 1.54) is 6.07 Å². The molecule has 0 unspecified atom stereocenters. The average Bonchev–Trinajstić information content (AvgIpc) is 2.44. The third-order valence-electron chi connectivity index (χ3n) is 3.14. The molecule has 1 amide bonds. The van der Waals surface area contributed by atoms with Crippen LogP contribution in [0.1, 0.15) is 27.2 Å². The van der Waals surface area contributed by atoms with E-state index in [4.69, 9.17) is 5.14 Å². The van der Waals surface area contributed by atoms with E-state index in [0.717, 1.165) is 5.56 Å². The minimum Gasteiger partial charge on any atom is -0.348 e. The SMILES string of the molecule is Cc1ccc(C(=O)NCc2ccc(CS(N)(=O)=O)cc2)c(=O)[nH]1. The van der Waals surface area contributed by atoms with Gasteiger partial charge in [0.05, 0.1) is 5.75 Å². The zero-order valence-electron chi connectivity index (χ0n) is 12.5. The van der Waals surface area contributed by atoms with E-state index in [1.807, 2.05) is 0 Å². The van der Waals surface area contributed by atoms with Crippen molar-refractivity contribution in [3.05, 3.63) is 69.1 Å². The van der Waals surface area contributed by atoms with Crippen LogP contribution in [-0.4, -0.2) is 19.3 Å². The first kappa shape index (κ1) is 16.9. The summed E-state index contributed by atoms with van der Waals surface area (Å²) in [6.07, 6.45) is 0. The van der Waals surface area contributed by atoms with Gasteiger partial charge in [-0.25, -0.2) is 13.6 Å². The number of aromatic nitrogens is 1. The van der Waals surface area contributed by atoms with Gasteiger partial charge in [-0.15, -0.1) is 0 Å². The lowest BCUT2D eigenvalue weighted by molar-refractivity contribution is 0.0949. The second-order valence-corrected chi connectivity index (χ2v) is 6.80. The van der Waals surface area contributed by atoms with Crippen LogP contribution in [0.3, 0.4) is 0 Å². The molecule has 0 aliphatic heterocycles. The molecule has 0 spiro atoms. The zero-order chi connectivity index (χ0) is 17.0. The van der Waals surface area contributed by atoms with Crippen LogP contribution in [0.15, 0.2) is 41.2 Å². The number of carbonyl (C=O) groups is 1. The summed E-state index contributed by atoms with van der Waals surface area (Å²) in [5, 5.41) is 7.62. The lowest BCUT2D eigenvalue weighted by Gasteiger charge is -2.06. The Bertz CT molecular complexity index is 870. The number of hydrogen-bond acceptors (Lipinski definition) is 4. The number of hydrogen-bond donors (Lipinski definition) is 3. The maximum absolute atomic E-state index is 12.0. The van der Waals surface area contributed by atoms with E-state index in [-0.39, 0.29) is 17.9 Å². The Balaban J connectivity index is 2.00. The molecule has 1 heterocycles. The molecule has 4 N–H and O–H groups in total. The largest absolute Gasteiger partial charge is 0.348 e. The number of nitrogens with one attached hydrogen (secondary N) is 2. The van der Waals surface area contributed by atoms with Gasteiger partial charge in [0.25, 0.3) is 11.5 Å². The molecule has 122 valence electrons. The zero-order valence-corrected chi connectivity index (χ0v) is 13.3. The predicted octanol–water partition coefficient (Wildman–Crippen LogP) is 0.402. The molecule has 2 aromatic rings. The average molecular weight is 335 g/mol. The Morgan fingerprint density at radius 3 is 2.30 bits per heavy atom. The Hall–Kier alpha value is -2.45. The van der Waals surface area contributed by atoms with E-state index in [0.29, 0.717) is 11.3 Å². The number of H-pyrrole nitrogens is 1. The second kappa shape index (κ2) is 6.76. The van der Waals surface area contributed by atoms with E-state index >= 15 is 0 Å². The summed E-state index contributed by atoms with van der Waals surface area (Å²) < 4.78 is 22.0. The molecular formula is C15H17N3O4S. The fraction of sp³-hybridized carbons (Fsp3) is 0.200. The van der Waals surface area contributed by atoms with Crippen LogP contribution in [0, 0.1) is 6.92 Å². The van der Waals surface area contributed by atoms with Gasteiger partial charge in [0.2, 0.25) is 10.0 Å². The van der Waals surface area contributed by atoms with Crippen LogP contribution < -0.4 is 16.0 Å². The van der Waals surface area contributed by atoms with Crippen molar-refractivity contribution >= 4 is 15.9 Å². The lowest BCUT2D eigenvalue weighted by Crippen LogP contribution is -2.29. The summed E-state index contributed by atoms with van der Waals surface area (Å²) in [5.74, 6) is -0.710. The van der Waals surface area contributed by atoms with Crippen molar-refractivity contribution in [1.29, 1.82) is 0 Å².